The molecule has 2 aromatic carbocycles. The molecule has 1 fully saturated rings. The number of anilines is 2. The van der Waals surface area contributed by atoms with Gasteiger partial charge in [0.15, 0.2) is 0 Å². The van der Waals surface area contributed by atoms with Crippen LogP contribution in [0.15, 0.2) is 53.5 Å². The van der Waals surface area contributed by atoms with Crippen LogP contribution in [0.1, 0.15) is 45.7 Å². The van der Waals surface area contributed by atoms with Gasteiger partial charge in [-0.3, -0.25) is 14.2 Å². The fourth-order valence-corrected chi connectivity index (χ4v) is 3.93. The summed E-state index contributed by atoms with van der Waals surface area (Å²) < 4.78 is 1.53. The van der Waals surface area contributed by atoms with Gasteiger partial charge in [-0.25, -0.2) is 4.79 Å². The van der Waals surface area contributed by atoms with E-state index in [1.54, 1.807) is 42.6 Å². The SMILES string of the molecule is Cc1c[nH]c(=O)n1-c1ccc(C(=O)Nc2cc(C(N)=O)ccc2N2CCCCC2)cc1. The molecule has 0 atom stereocenters. The monoisotopic (exact) mass is 419 g/mol. The number of nitrogens with two attached hydrogens (primary N) is 1. The van der Waals surface area contributed by atoms with E-state index in [1.807, 2.05) is 13.0 Å². The number of primary amides is 1. The predicted molar refractivity (Wildman–Crippen MR) is 120 cm³/mol. The van der Waals surface area contributed by atoms with E-state index >= 15 is 0 Å². The van der Waals surface area contributed by atoms with Crippen molar-refractivity contribution in [2.24, 2.45) is 5.73 Å². The zero-order valence-electron chi connectivity index (χ0n) is 17.4. The number of hydrogen-bond acceptors (Lipinski definition) is 4. The Morgan fingerprint density at radius 3 is 2.29 bits per heavy atom. The van der Waals surface area contributed by atoms with E-state index < -0.39 is 5.91 Å². The Morgan fingerprint density at radius 2 is 1.68 bits per heavy atom. The number of hydrogen-bond donors (Lipinski definition) is 3. The molecule has 160 valence electrons. The third-order valence-corrected chi connectivity index (χ3v) is 5.57. The van der Waals surface area contributed by atoms with E-state index in [9.17, 15) is 14.4 Å². The van der Waals surface area contributed by atoms with Gasteiger partial charge in [-0.15, -0.1) is 0 Å². The lowest BCUT2D eigenvalue weighted by atomic mass is 10.1. The number of carbonyl (C=O) groups excluding carboxylic acids is 2. The van der Waals surface area contributed by atoms with Crippen molar-refractivity contribution in [3.05, 3.63) is 76.0 Å². The lowest BCUT2D eigenvalue weighted by molar-refractivity contribution is 0.0996. The minimum absolute atomic E-state index is 0.232. The van der Waals surface area contributed by atoms with Crippen LogP contribution < -0.4 is 21.6 Å². The molecule has 31 heavy (non-hydrogen) atoms. The molecule has 4 rings (SSSR count). The Bertz CT molecular complexity index is 1170. The number of rotatable bonds is 5. The summed E-state index contributed by atoms with van der Waals surface area (Å²) in [6.45, 7) is 3.63. The van der Waals surface area contributed by atoms with Crippen molar-refractivity contribution in [2.75, 3.05) is 23.3 Å². The van der Waals surface area contributed by atoms with Crippen LogP contribution in [0.25, 0.3) is 5.69 Å². The first kappa shape index (κ1) is 20.5. The quantitative estimate of drug-likeness (QED) is 0.590. The summed E-state index contributed by atoms with van der Waals surface area (Å²) in [6, 6.07) is 11.9. The van der Waals surface area contributed by atoms with E-state index in [2.05, 4.69) is 15.2 Å². The molecule has 0 bridgehead atoms. The average Bonchev–Trinajstić information content (AvgIpc) is 3.12. The number of H-pyrrole nitrogens is 1. The van der Waals surface area contributed by atoms with Crippen LogP contribution in [0.5, 0.6) is 0 Å². The lowest BCUT2D eigenvalue weighted by Gasteiger charge is -2.30. The number of nitrogens with zero attached hydrogens (tertiary/aromatic N) is 2. The van der Waals surface area contributed by atoms with Gasteiger partial charge in [0.1, 0.15) is 0 Å². The molecule has 8 heteroatoms. The highest BCUT2D eigenvalue weighted by molar-refractivity contribution is 6.07. The van der Waals surface area contributed by atoms with Crippen LogP contribution in [0, 0.1) is 6.92 Å². The summed E-state index contributed by atoms with van der Waals surface area (Å²) in [5.41, 5.74) is 8.88. The smallest absolute Gasteiger partial charge is 0.330 e. The van der Waals surface area contributed by atoms with Crippen molar-refractivity contribution in [3.8, 4) is 5.69 Å². The van der Waals surface area contributed by atoms with Crippen LogP contribution in [0.4, 0.5) is 11.4 Å². The highest BCUT2D eigenvalue weighted by Gasteiger charge is 2.18. The van der Waals surface area contributed by atoms with Crippen molar-refractivity contribution >= 4 is 23.2 Å². The van der Waals surface area contributed by atoms with Crippen molar-refractivity contribution < 1.29 is 9.59 Å². The molecule has 2 amide bonds. The second-order valence-corrected chi connectivity index (χ2v) is 7.72. The number of aromatic amines is 1. The summed E-state index contributed by atoms with van der Waals surface area (Å²) in [4.78, 5) is 41.4. The number of benzene rings is 2. The first-order chi connectivity index (χ1) is 14.9. The maximum absolute atomic E-state index is 12.9. The fourth-order valence-electron chi connectivity index (χ4n) is 3.93. The summed E-state index contributed by atoms with van der Waals surface area (Å²) in [5.74, 6) is -0.845. The molecule has 3 aromatic rings. The van der Waals surface area contributed by atoms with Gasteiger partial charge in [-0.1, -0.05) is 0 Å². The molecule has 0 aliphatic carbocycles. The van der Waals surface area contributed by atoms with Gasteiger partial charge in [0.05, 0.1) is 17.1 Å². The zero-order chi connectivity index (χ0) is 22.0. The molecule has 0 unspecified atom stereocenters. The van der Waals surface area contributed by atoms with Gasteiger partial charge in [0, 0.05) is 36.1 Å². The standard InChI is InChI=1S/C23H25N5O3/c1-15-14-25-23(31)28(15)18-8-5-16(6-9-18)22(30)26-19-13-17(21(24)29)7-10-20(19)27-11-3-2-4-12-27/h5-10,13-14H,2-4,11-12H2,1H3,(H2,24,29)(H,25,31)(H,26,30). The van der Waals surface area contributed by atoms with E-state index in [-0.39, 0.29) is 11.6 Å². The van der Waals surface area contributed by atoms with Crippen LogP contribution in [0.3, 0.4) is 0 Å². The predicted octanol–water partition coefficient (Wildman–Crippen LogP) is 2.82. The normalized spacial score (nSPS) is 13.8. The molecule has 2 heterocycles. The molecular weight excluding hydrogens is 394 g/mol. The second-order valence-electron chi connectivity index (χ2n) is 7.72. The maximum Gasteiger partial charge on any atom is 0.330 e. The van der Waals surface area contributed by atoms with Gasteiger partial charge in [0.2, 0.25) is 5.91 Å². The van der Waals surface area contributed by atoms with Crippen LogP contribution in [-0.4, -0.2) is 34.5 Å². The lowest BCUT2D eigenvalue weighted by Crippen LogP contribution is -2.30. The molecule has 0 spiro atoms. The van der Waals surface area contributed by atoms with Crippen LogP contribution in [-0.2, 0) is 0 Å². The molecule has 1 aromatic heterocycles. The van der Waals surface area contributed by atoms with Crippen molar-refractivity contribution in [1.82, 2.24) is 9.55 Å². The minimum Gasteiger partial charge on any atom is -0.370 e. The third-order valence-electron chi connectivity index (χ3n) is 5.57. The van der Waals surface area contributed by atoms with Crippen LogP contribution in [0.2, 0.25) is 0 Å². The van der Waals surface area contributed by atoms with E-state index in [0.29, 0.717) is 22.5 Å². The molecule has 0 radical (unpaired) electrons. The number of piperidine rings is 1. The highest BCUT2D eigenvalue weighted by atomic mass is 16.2. The molecular formula is C23H25N5O3. The Hall–Kier alpha value is -3.81. The van der Waals surface area contributed by atoms with Gasteiger partial charge < -0.3 is 20.9 Å². The number of imidazole rings is 1. The van der Waals surface area contributed by atoms with E-state index in [4.69, 9.17) is 5.73 Å². The largest absolute Gasteiger partial charge is 0.370 e. The Balaban J connectivity index is 1.60. The minimum atomic E-state index is -0.544. The summed E-state index contributed by atoms with van der Waals surface area (Å²) in [5, 5.41) is 2.93. The maximum atomic E-state index is 12.9. The van der Waals surface area contributed by atoms with Gasteiger partial charge in [0.25, 0.3) is 5.91 Å². The van der Waals surface area contributed by atoms with Gasteiger partial charge >= 0.3 is 5.69 Å². The topological polar surface area (TPSA) is 113 Å². The Kier molecular flexibility index (Phi) is 5.62. The third kappa shape index (κ3) is 4.23. The number of aryl methyl sites for hydroxylation is 1. The molecule has 1 aliphatic rings. The number of aromatic nitrogens is 2. The zero-order valence-corrected chi connectivity index (χ0v) is 17.4. The number of nitrogens with one attached hydrogen (secondary N) is 2. The van der Waals surface area contributed by atoms with Gasteiger partial charge in [-0.2, -0.15) is 0 Å². The second kappa shape index (κ2) is 8.51. The van der Waals surface area contributed by atoms with Crippen molar-refractivity contribution in [1.29, 1.82) is 0 Å². The van der Waals surface area contributed by atoms with E-state index in [1.165, 1.54) is 11.0 Å². The Morgan fingerprint density at radius 1 is 1.00 bits per heavy atom. The first-order valence-corrected chi connectivity index (χ1v) is 10.3. The molecule has 4 N–H and O–H groups in total. The summed E-state index contributed by atoms with van der Waals surface area (Å²) >= 11 is 0. The summed E-state index contributed by atoms with van der Waals surface area (Å²) in [6.07, 6.45) is 5.00. The highest BCUT2D eigenvalue weighted by Crippen LogP contribution is 2.30. The van der Waals surface area contributed by atoms with Gasteiger partial charge in [-0.05, 0) is 68.7 Å². The fraction of sp³-hybridized carbons (Fsp3) is 0.261. The number of carbonyl (C=O) groups is 2. The van der Waals surface area contributed by atoms with Crippen molar-refractivity contribution in [2.45, 2.75) is 26.2 Å². The first-order valence-electron chi connectivity index (χ1n) is 10.3. The summed E-state index contributed by atoms with van der Waals surface area (Å²) in [7, 11) is 0. The molecule has 0 saturated carbocycles. The van der Waals surface area contributed by atoms with Crippen molar-refractivity contribution in [3.63, 3.8) is 0 Å². The van der Waals surface area contributed by atoms with E-state index in [0.717, 1.165) is 37.3 Å². The molecule has 1 saturated heterocycles. The molecule has 8 nitrogen and oxygen atoms in total. The van der Waals surface area contributed by atoms with Crippen LogP contribution >= 0.6 is 0 Å². The molecule has 1 aliphatic heterocycles. The average molecular weight is 419 g/mol. The number of amides is 2. The Labute approximate surface area is 179 Å².